The van der Waals surface area contributed by atoms with Gasteiger partial charge in [-0.1, -0.05) is 32.0 Å². The molecule has 1 N–H and O–H groups in total. The SMILES string of the molecule is CCC(C)(c1cccc(NC(=O)c2ccc(C)cn2)c1)C(C)F. The number of hydrogen-bond donors (Lipinski definition) is 1. The Kier molecular flexibility index (Phi) is 5.14. The quantitative estimate of drug-likeness (QED) is 0.871. The largest absolute Gasteiger partial charge is 0.321 e. The standard InChI is InChI=1S/C19H23FN2O/c1-5-19(4,14(3)20)15-7-6-8-16(11-15)22-18(23)17-10-9-13(2)12-21-17/h6-12,14H,5H2,1-4H3,(H,22,23). The van der Waals surface area contributed by atoms with E-state index in [9.17, 15) is 9.18 Å². The van der Waals surface area contributed by atoms with Crippen LogP contribution in [0.25, 0.3) is 0 Å². The molecule has 4 heteroatoms. The predicted octanol–water partition coefficient (Wildman–Crippen LogP) is 4.67. The number of aryl methyl sites for hydroxylation is 1. The highest BCUT2D eigenvalue weighted by Crippen LogP contribution is 2.34. The fourth-order valence-electron chi connectivity index (χ4n) is 2.46. The van der Waals surface area contributed by atoms with E-state index >= 15 is 0 Å². The number of benzene rings is 1. The number of halogens is 1. The van der Waals surface area contributed by atoms with E-state index in [1.807, 2.05) is 45.0 Å². The van der Waals surface area contributed by atoms with Crippen LogP contribution < -0.4 is 5.32 Å². The van der Waals surface area contributed by atoms with Gasteiger partial charge in [0.1, 0.15) is 11.9 Å². The Labute approximate surface area is 137 Å². The van der Waals surface area contributed by atoms with Crippen LogP contribution in [0.4, 0.5) is 10.1 Å². The minimum atomic E-state index is -0.975. The average molecular weight is 314 g/mol. The van der Waals surface area contributed by atoms with Crippen LogP contribution in [0.3, 0.4) is 0 Å². The van der Waals surface area contributed by atoms with Crippen LogP contribution in [0.15, 0.2) is 42.6 Å². The number of amides is 1. The van der Waals surface area contributed by atoms with Crippen molar-refractivity contribution >= 4 is 11.6 Å². The Morgan fingerprint density at radius 3 is 2.65 bits per heavy atom. The van der Waals surface area contributed by atoms with Gasteiger partial charge in [0.15, 0.2) is 0 Å². The minimum Gasteiger partial charge on any atom is -0.321 e. The van der Waals surface area contributed by atoms with Crippen molar-refractivity contribution in [2.24, 2.45) is 0 Å². The third-order valence-corrected chi connectivity index (χ3v) is 4.54. The summed E-state index contributed by atoms with van der Waals surface area (Å²) in [5.41, 5.74) is 2.32. The van der Waals surface area contributed by atoms with Gasteiger partial charge in [-0.05, 0) is 49.6 Å². The van der Waals surface area contributed by atoms with Crippen molar-refractivity contribution in [1.82, 2.24) is 4.98 Å². The van der Waals surface area contributed by atoms with Crippen LogP contribution in [0.5, 0.6) is 0 Å². The zero-order chi connectivity index (χ0) is 17.0. The smallest absolute Gasteiger partial charge is 0.274 e. The van der Waals surface area contributed by atoms with Gasteiger partial charge in [0.2, 0.25) is 0 Å². The molecule has 0 bridgehead atoms. The molecular formula is C19H23FN2O. The van der Waals surface area contributed by atoms with Crippen LogP contribution >= 0.6 is 0 Å². The number of carbonyl (C=O) groups excluding carboxylic acids is 1. The van der Waals surface area contributed by atoms with Crippen molar-refractivity contribution in [1.29, 1.82) is 0 Å². The first-order valence-corrected chi connectivity index (χ1v) is 7.85. The lowest BCUT2D eigenvalue weighted by atomic mass is 9.76. The number of rotatable bonds is 5. The lowest BCUT2D eigenvalue weighted by Crippen LogP contribution is -2.31. The molecule has 0 aliphatic rings. The van der Waals surface area contributed by atoms with Gasteiger partial charge in [-0.2, -0.15) is 0 Å². The summed E-state index contributed by atoms with van der Waals surface area (Å²) in [6.07, 6.45) is 1.36. The first-order chi connectivity index (χ1) is 10.9. The molecule has 1 aromatic carbocycles. The third kappa shape index (κ3) is 3.76. The van der Waals surface area contributed by atoms with Crippen molar-refractivity contribution in [3.05, 3.63) is 59.4 Å². The fourth-order valence-corrected chi connectivity index (χ4v) is 2.46. The molecule has 23 heavy (non-hydrogen) atoms. The van der Waals surface area contributed by atoms with Gasteiger partial charge in [-0.25, -0.2) is 4.39 Å². The van der Waals surface area contributed by atoms with Crippen molar-refractivity contribution in [2.45, 2.75) is 45.7 Å². The topological polar surface area (TPSA) is 42.0 Å². The van der Waals surface area contributed by atoms with E-state index in [1.54, 1.807) is 25.3 Å². The number of carbonyl (C=O) groups is 1. The average Bonchev–Trinajstić information content (AvgIpc) is 2.54. The van der Waals surface area contributed by atoms with E-state index in [1.165, 1.54) is 0 Å². The highest BCUT2D eigenvalue weighted by Gasteiger charge is 2.31. The van der Waals surface area contributed by atoms with E-state index in [0.29, 0.717) is 17.8 Å². The van der Waals surface area contributed by atoms with Gasteiger partial charge in [0, 0.05) is 17.3 Å². The fraction of sp³-hybridized carbons (Fsp3) is 0.368. The number of alkyl halides is 1. The number of anilines is 1. The van der Waals surface area contributed by atoms with Gasteiger partial charge in [0.25, 0.3) is 5.91 Å². The molecule has 1 heterocycles. The maximum absolute atomic E-state index is 14.0. The number of nitrogens with one attached hydrogen (secondary N) is 1. The molecule has 0 fully saturated rings. The summed E-state index contributed by atoms with van der Waals surface area (Å²) in [4.78, 5) is 16.4. The Balaban J connectivity index is 2.23. The molecule has 0 saturated heterocycles. The van der Waals surface area contributed by atoms with Crippen molar-refractivity contribution in [2.75, 3.05) is 5.32 Å². The van der Waals surface area contributed by atoms with E-state index in [0.717, 1.165) is 11.1 Å². The van der Waals surface area contributed by atoms with E-state index in [4.69, 9.17) is 0 Å². The molecule has 1 amide bonds. The first-order valence-electron chi connectivity index (χ1n) is 7.85. The molecule has 2 unspecified atom stereocenters. The van der Waals surface area contributed by atoms with Crippen LogP contribution in [-0.2, 0) is 5.41 Å². The first kappa shape index (κ1) is 17.1. The molecule has 2 rings (SSSR count). The molecule has 0 aliphatic carbocycles. The third-order valence-electron chi connectivity index (χ3n) is 4.54. The Morgan fingerprint density at radius 1 is 1.35 bits per heavy atom. The normalized spacial score (nSPS) is 14.8. The maximum Gasteiger partial charge on any atom is 0.274 e. The molecule has 0 radical (unpaired) electrons. The van der Waals surface area contributed by atoms with Crippen LogP contribution in [0.2, 0.25) is 0 Å². The second-order valence-electron chi connectivity index (χ2n) is 6.14. The summed E-state index contributed by atoms with van der Waals surface area (Å²) >= 11 is 0. The molecule has 1 aromatic heterocycles. The lowest BCUT2D eigenvalue weighted by Gasteiger charge is -2.31. The minimum absolute atomic E-state index is 0.270. The van der Waals surface area contributed by atoms with Gasteiger partial charge in [-0.3, -0.25) is 9.78 Å². The molecule has 2 aromatic rings. The second kappa shape index (κ2) is 6.90. The summed E-state index contributed by atoms with van der Waals surface area (Å²) in [5, 5.41) is 2.83. The molecule has 0 saturated carbocycles. The van der Waals surface area contributed by atoms with Gasteiger partial charge in [-0.15, -0.1) is 0 Å². The number of aromatic nitrogens is 1. The summed E-state index contributed by atoms with van der Waals surface area (Å²) in [7, 11) is 0. The summed E-state index contributed by atoms with van der Waals surface area (Å²) < 4.78 is 14.0. The monoisotopic (exact) mass is 314 g/mol. The Morgan fingerprint density at radius 2 is 2.09 bits per heavy atom. The number of nitrogens with zero attached hydrogens (tertiary/aromatic N) is 1. The zero-order valence-corrected chi connectivity index (χ0v) is 14.1. The van der Waals surface area contributed by atoms with Crippen molar-refractivity contribution in [3.8, 4) is 0 Å². The van der Waals surface area contributed by atoms with Gasteiger partial charge < -0.3 is 5.32 Å². The maximum atomic E-state index is 14.0. The molecule has 0 spiro atoms. The molecule has 2 atom stereocenters. The van der Waals surface area contributed by atoms with Crippen LogP contribution in [0.1, 0.15) is 48.8 Å². The highest BCUT2D eigenvalue weighted by atomic mass is 19.1. The number of hydrogen-bond acceptors (Lipinski definition) is 2. The van der Waals surface area contributed by atoms with E-state index in [2.05, 4.69) is 10.3 Å². The van der Waals surface area contributed by atoms with Crippen molar-refractivity contribution < 1.29 is 9.18 Å². The van der Waals surface area contributed by atoms with E-state index in [-0.39, 0.29) is 5.91 Å². The van der Waals surface area contributed by atoms with Crippen LogP contribution in [0, 0.1) is 6.92 Å². The van der Waals surface area contributed by atoms with Crippen LogP contribution in [-0.4, -0.2) is 17.1 Å². The molecular weight excluding hydrogens is 291 g/mol. The molecule has 0 aliphatic heterocycles. The van der Waals surface area contributed by atoms with E-state index < -0.39 is 11.6 Å². The Bertz CT molecular complexity index is 682. The van der Waals surface area contributed by atoms with Crippen molar-refractivity contribution in [3.63, 3.8) is 0 Å². The number of pyridine rings is 1. The highest BCUT2D eigenvalue weighted by molar-refractivity contribution is 6.02. The van der Waals surface area contributed by atoms with Gasteiger partial charge in [0.05, 0.1) is 0 Å². The second-order valence-corrected chi connectivity index (χ2v) is 6.14. The summed E-state index contributed by atoms with van der Waals surface area (Å²) in [6, 6.07) is 10.9. The predicted molar refractivity (Wildman–Crippen MR) is 91.6 cm³/mol. The lowest BCUT2D eigenvalue weighted by molar-refractivity contribution is 0.102. The van der Waals surface area contributed by atoms with Gasteiger partial charge >= 0.3 is 0 Å². The zero-order valence-electron chi connectivity index (χ0n) is 14.1. The molecule has 3 nitrogen and oxygen atoms in total. The summed E-state index contributed by atoms with van der Waals surface area (Å²) in [5.74, 6) is -0.270. The summed E-state index contributed by atoms with van der Waals surface area (Å²) in [6.45, 7) is 7.37. The molecule has 122 valence electrons. The Hall–Kier alpha value is -2.23.